The van der Waals surface area contributed by atoms with Gasteiger partial charge in [0.25, 0.3) is 0 Å². The Morgan fingerprint density at radius 3 is 2.76 bits per heavy atom. The van der Waals surface area contributed by atoms with Crippen molar-refractivity contribution in [3.05, 3.63) is 16.9 Å². The predicted molar refractivity (Wildman–Crippen MR) is 57.9 cm³/mol. The third kappa shape index (κ3) is 5.41. The van der Waals surface area contributed by atoms with E-state index in [-0.39, 0.29) is 13.2 Å². The summed E-state index contributed by atoms with van der Waals surface area (Å²) < 4.78 is 42.1. The number of hydrogen-bond acceptors (Lipinski definition) is 2. The Morgan fingerprint density at radius 2 is 2.18 bits per heavy atom. The first-order valence-corrected chi connectivity index (χ1v) is 5.66. The molecule has 0 saturated carbocycles. The lowest BCUT2D eigenvalue weighted by Gasteiger charge is -2.06. The van der Waals surface area contributed by atoms with Gasteiger partial charge in [-0.2, -0.15) is 18.3 Å². The van der Waals surface area contributed by atoms with Gasteiger partial charge in [-0.05, 0) is 6.42 Å². The summed E-state index contributed by atoms with van der Waals surface area (Å²) in [6.45, 7) is 2.35. The van der Waals surface area contributed by atoms with Crippen molar-refractivity contribution in [2.45, 2.75) is 39.1 Å². The van der Waals surface area contributed by atoms with E-state index in [1.165, 1.54) is 0 Å². The Balaban J connectivity index is 2.36. The smallest absolute Gasteiger partial charge is 0.375 e. The van der Waals surface area contributed by atoms with Gasteiger partial charge in [0.2, 0.25) is 0 Å². The number of ether oxygens (including phenoxy) is 1. The maximum atomic E-state index is 11.8. The second-order valence-electron chi connectivity index (χ2n) is 3.60. The molecule has 1 rings (SSSR count). The van der Waals surface area contributed by atoms with Gasteiger partial charge in [0, 0.05) is 12.7 Å². The molecule has 0 spiro atoms. The summed E-state index contributed by atoms with van der Waals surface area (Å²) in [6, 6.07) is 0. The second kappa shape index (κ2) is 6.26. The fourth-order valence-electron chi connectivity index (χ4n) is 1.24. The highest BCUT2D eigenvalue weighted by Crippen LogP contribution is 2.20. The van der Waals surface area contributed by atoms with Gasteiger partial charge in [-0.1, -0.05) is 18.5 Å². The summed E-state index contributed by atoms with van der Waals surface area (Å²) in [5.41, 5.74) is 0.474. The Bertz CT molecular complexity index is 352. The second-order valence-corrected chi connectivity index (χ2v) is 4.01. The molecule has 7 heteroatoms. The molecule has 0 unspecified atom stereocenters. The van der Waals surface area contributed by atoms with Gasteiger partial charge in [-0.3, -0.25) is 4.68 Å². The van der Waals surface area contributed by atoms with Crippen LogP contribution in [0.1, 0.15) is 25.5 Å². The summed E-state index contributed by atoms with van der Waals surface area (Å²) in [7, 11) is 0. The fraction of sp³-hybridized carbons (Fsp3) is 0.700. The van der Waals surface area contributed by atoms with Crippen molar-refractivity contribution in [2.24, 2.45) is 0 Å². The molecule has 0 radical (unpaired) electrons. The molecule has 0 fully saturated rings. The number of aryl methyl sites for hydroxylation is 1. The number of hydrogen-bond donors (Lipinski definition) is 0. The molecule has 1 heterocycles. The average molecular weight is 271 g/mol. The molecule has 0 aliphatic heterocycles. The van der Waals surface area contributed by atoms with Crippen LogP contribution in [0, 0.1) is 0 Å². The van der Waals surface area contributed by atoms with Crippen LogP contribution in [-0.2, 0) is 17.9 Å². The SMILES string of the molecule is CCCn1cc(Cl)c(COCCC(F)(F)F)n1. The van der Waals surface area contributed by atoms with E-state index in [1.807, 2.05) is 6.92 Å². The first kappa shape index (κ1) is 14.3. The van der Waals surface area contributed by atoms with Gasteiger partial charge in [0.05, 0.1) is 24.7 Å². The van der Waals surface area contributed by atoms with E-state index < -0.39 is 12.6 Å². The molecule has 0 aliphatic rings. The zero-order valence-corrected chi connectivity index (χ0v) is 10.2. The van der Waals surface area contributed by atoms with Gasteiger partial charge in [-0.25, -0.2) is 0 Å². The summed E-state index contributed by atoms with van der Waals surface area (Å²) >= 11 is 5.86. The molecule has 0 saturated heterocycles. The van der Waals surface area contributed by atoms with E-state index in [2.05, 4.69) is 5.10 Å². The minimum absolute atomic E-state index is 0.00558. The van der Waals surface area contributed by atoms with Crippen molar-refractivity contribution in [3.63, 3.8) is 0 Å². The van der Waals surface area contributed by atoms with Crippen molar-refractivity contribution >= 4 is 11.6 Å². The highest BCUT2D eigenvalue weighted by Gasteiger charge is 2.26. The van der Waals surface area contributed by atoms with Gasteiger partial charge in [0.1, 0.15) is 5.69 Å². The maximum absolute atomic E-state index is 11.8. The van der Waals surface area contributed by atoms with E-state index in [1.54, 1.807) is 10.9 Å². The lowest BCUT2D eigenvalue weighted by atomic mass is 10.4. The van der Waals surface area contributed by atoms with Crippen LogP contribution in [0.4, 0.5) is 13.2 Å². The van der Waals surface area contributed by atoms with Crippen molar-refractivity contribution in [1.82, 2.24) is 9.78 Å². The Labute approximate surface area is 103 Å². The number of rotatable bonds is 6. The highest BCUT2D eigenvalue weighted by molar-refractivity contribution is 6.31. The zero-order chi connectivity index (χ0) is 12.9. The first-order chi connectivity index (χ1) is 7.92. The van der Waals surface area contributed by atoms with Gasteiger partial charge >= 0.3 is 6.18 Å². The van der Waals surface area contributed by atoms with Crippen LogP contribution in [0.15, 0.2) is 6.20 Å². The van der Waals surface area contributed by atoms with E-state index >= 15 is 0 Å². The van der Waals surface area contributed by atoms with E-state index in [0.717, 1.165) is 13.0 Å². The Hall–Kier alpha value is -0.750. The highest BCUT2D eigenvalue weighted by atomic mass is 35.5. The monoisotopic (exact) mass is 270 g/mol. The lowest BCUT2D eigenvalue weighted by molar-refractivity contribution is -0.146. The van der Waals surface area contributed by atoms with Gasteiger partial charge in [0.15, 0.2) is 0 Å². The molecule has 0 atom stereocenters. The van der Waals surface area contributed by atoms with Gasteiger partial charge < -0.3 is 4.74 Å². The van der Waals surface area contributed by atoms with Crippen molar-refractivity contribution in [2.75, 3.05) is 6.61 Å². The Morgan fingerprint density at radius 1 is 1.47 bits per heavy atom. The molecule has 1 aromatic heterocycles. The van der Waals surface area contributed by atoms with Crippen LogP contribution in [-0.4, -0.2) is 22.6 Å². The molecular formula is C10H14ClF3N2O. The van der Waals surface area contributed by atoms with E-state index in [4.69, 9.17) is 16.3 Å². The van der Waals surface area contributed by atoms with Crippen LogP contribution in [0.25, 0.3) is 0 Å². The van der Waals surface area contributed by atoms with Crippen molar-refractivity contribution in [1.29, 1.82) is 0 Å². The number of aromatic nitrogens is 2. The minimum atomic E-state index is -4.19. The maximum Gasteiger partial charge on any atom is 0.391 e. The molecule has 0 bridgehead atoms. The number of nitrogens with zero attached hydrogens (tertiary/aromatic N) is 2. The fourth-order valence-corrected chi connectivity index (χ4v) is 1.44. The topological polar surface area (TPSA) is 27.1 Å². The van der Waals surface area contributed by atoms with Crippen LogP contribution < -0.4 is 0 Å². The van der Waals surface area contributed by atoms with Crippen molar-refractivity contribution in [3.8, 4) is 0 Å². The molecule has 0 aromatic carbocycles. The molecule has 1 aromatic rings. The third-order valence-corrected chi connectivity index (χ3v) is 2.32. The van der Waals surface area contributed by atoms with Crippen LogP contribution >= 0.6 is 11.6 Å². The molecule has 17 heavy (non-hydrogen) atoms. The summed E-state index contributed by atoms with van der Waals surface area (Å²) in [6.07, 6.45) is -2.59. The molecule has 0 aliphatic carbocycles. The molecule has 98 valence electrons. The summed E-state index contributed by atoms with van der Waals surface area (Å²) in [5, 5.41) is 4.53. The van der Waals surface area contributed by atoms with Gasteiger partial charge in [-0.15, -0.1) is 0 Å². The zero-order valence-electron chi connectivity index (χ0n) is 9.43. The lowest BCUT2D eigenvalue weighted by Crippen LogP contribution is -2.11. The van der Waals surface area contributed by atoms with Crippen LogP contribution in [0.5, 0.6) is 0 Å². The van der Waals surface area contributed by atoms with Crippen molar-refractivity contribution < 1.29 is 17.9 Å². The Kier molecular flexibility index (Phi) is 5.27. The summed E-state index contributed by atoms with van der Waals surface area (Å²) in [4.78, 5) is 0. The average Bonchev–Trinajstić information content (AvgIpc) is 2.53. The normalized spacial score (nSPS) is 12.1. The minimum Gasteiger partial charge on any atom is -0.375 e. The standard InChI is InChI=1S/C10H14ClF3N2O/c1-2-4-16-6-8(11)9(15-16)7-17-5-3-10(12,13)14/h6H,2-5,7H2,1H3. The van der Waals surface area contributed by atoms with Crippen LogP contribution in [0.2, 0.25) is 5.02 Å². The van der Waals surface area contributed by atoms with E-state index in [0.29, 0.717) is 10.7 Å². The predicted octanol–water partition coefficient (Wildman–Crippen LogP) is 3.42. The molecule has 0 N–H and O–H groups in total. The third-order valence-electron chi connectivity index (χ3n) is 2.01. The molecule has 3 nitrogen and oxygen atoms in total. The van der Waals surface area contributed by atoms with Crippen LogP contribution in [0.3, 0.4) is 0 Å². The quantitative estimate of drug-likeness (QED) is 0.741. The summed E-state index contributed by atoms with van der Waals surface area (Å²) in [5.74, 6) is 0. The number of alkyl halides is 3. The van der Waals surface area contributed by atoms with E-state index in [9.17, 15) is 13.2 Å². The molecule has 0 amide bonds. The number of halogens is 4. The molecular weight excluding hydrogens is 257 g/mol. The largest absolute Gasteiger partial charge is 0.391 e. The first-order valence-electron chi connectivity index (χ1n) is 5.28.